The van der Waals surface area contributed by atoms with Gasteiger partial charge >= 0.3 is 11.9 Å². The van der Waals surface area contributed by atoms with E-state index >= 15 is 0 Å². The van der Waals surface area contributed by atoms with Crippen LogP contribution in [0, 0.1) is 0 Å². The predicted octanol–water partition coefficient (Wildman–Crippen LogP) is 10.7. The van der Waals surface area contributed by atoms with Crippen molar-refractivity contribution in [2.75, 3.05) is 19.8 Å². The van der Waals surface area contributed by atoms with Crippen LogP contribution >= 0.6 is 0 Å². The zero-order valence-electron chi connectivity index (χ0n) is 37.5. The number of esters is 2. The normalized spacial score (nSPS) is 20.3. The summed E-state index contributed by atoms with van der Waals surface area (Å²) in [5.74, 6) is -0.865. The Kier molecular flexibility index (Phi) is 37.3. The number of hydrogen-bond acceptors (Lipinski definition) is 10. The van der Waals surface area contributed by atoms with E-state index < -0.39 is 55.4 Å². The minimum atomic E-state index is -1.60. The molecule has 0 radical (unpaired) electrons. The van der Waals surface area contributed by atoms with Crippen LogP contribution in [0.1, 0.15) is 206 Å². The molecule has 1 aliphatic rings. The van der Waals surface area contributed by atoms with Crippen LogP contribution < -0.4 is 0 Å². The predicted molar refractivity (Wildman–Crippen MR) is 238 cm³/mol. The molecule has 6 atom stereocenters. The number of hydrogen-bond donors (Lipinski definition) is 4. The molecule has 0 saturated carbocycles. The van der Waals surface area contributed by atoms with Gasteiger partial charge in [0.05, 0.1) is 13.2 Å². The van der Waals surface area contributed by atoms with E-state index in [0.717, 1.165) is 64.2 Å². The highest BCUT2D eigenvalue weighted by Gasteiger charge is 2.44. The van der Waals surface area contributed by atoms with Gasteiger partial charge in [-0.25, -0.2) is 0 Å². The van der Waals surface area contributed by atoms with E-state index in [9.17, 15) is 30.0 Å². The zero-order valence-corrected chi connectivity index (χ0v) is 37.5. The van der Waals surface area contributed by atoms with Gasteiger partial charge in [-0.1, -0.05) is 166 Å². The number of aliphatic hydroxyl groups is 4. The SMILES string of the molecule is CCCC/C=C/CCCCCCCC(=O)OC[C@H](CO[C@@H]1O[C@H](CO)[C@H](O)C(O)C1O)OC(=O)CCC/C=C/CC/C=C/CCCCCCCCCCCCCCCC. The maximum absolute atomic E-state index is 12.8. The Morgan fingerprint density at radius 1 is 0.508 bits per heavy atom. The smallest absolute Gasteiger partial charge is 0.306 e. The van der Waals surface area contributed by atoms with Gasteiger partial charge in [-0.2, -0.15) is 0 Å². The summed E-state index contributed by atoms with van der Waals surface area (Å²) in [5.41, 5.74) is 0. The minimum Gasteiger partial charge on any atom is -0.462 e. The second-order valence-electron chi connectivity index (χ2n) is 16.5. The lowest BCUT2D eigenvalue weighted by molar-refractivity contribution is -0.305. The molecule has 0 aliphatic carbocycles. The molecule has 10 nitrogen and oxygen atoms in total. The van der Waals surface area contributed by atoms with Crippen LogP contribution in [0.3, 0.4) is 0 Å². The third-order valence-corrected chi connectivity index (χ3v) is 11.0. The van der Waals surface area contributed by atoms with Crippen LogP contribution in [0.2, 0.25) is 0 Å². The van der Waals surface area contributed by atoms with Crippen molar-refractivity contribution in [2.24, 2.45) is 0 Å². The highest BCUT2D eigenvalue weighted by molar-refractivity contribution is 5.70. The van der Waals surface area contributed by atoms with Crippen LogP contribution in [0.15, 0.2) is 36.5 Å². The average Bonchev–Trinajstić information content (AvgIpc) is 3.23. The minimum absolute atomic E-state index is 0.169. The fourth-order valence-electron chi connectivity index (χ4n) is 7.13. The fraction of sp³-hybridized carbons (Fsp3) is 0.837. The van der Waals surface area contributed by atoms with Gasteiger partial charge in [-0.05, 0) is 64.2 Å². The molecule has 2 unspecified atom stereocenters. The fourth-order valence-corrected chi connectivity index (χ4v) is 7.13. The molecule has 59 heavy (non-hydrogen) atoms. The number of carbonyl (C=O) groups excluding carboxylic acids is 2. The first-order valence-corrected chi connectivity index (χ1v) is 24.1. The summed E-state index contributed by atoms with van der Waals surface area (Å²) >= 11 is 0. The van der Waals surface area contributed by atoms with Gasteiger partial charge < -0.3 is 39.4 Å². The van der Waals surface area contributed by atoms with E-state index in [2.05, 4.69) is 50.3 Å². The zero-order chi connectivity index (χ0) is 43.0. The van der Waals surface area contributed by atoms with Crippen molar-refractivity contribution < 1.29 is 49.0 Å². The molecule has 1 saturated heterocycles. The van der Waals surface area contributed by atoms with Gasteiger partial charge in [0.1, 0.15) is 31.0 Å². The number of rotatable bonds is 40. The van der Waals surface area contributed by atoms with Gasteiger partial charge in [0.15, 0.2) is 12.4 Å². The molecule has 0 aromatic carbocycles. The highest BCUT2D eigenvalue weighted by atomic mass is 16.7. The Morgan fingerprint density at radius 2 is 0.949 bits per heavy atom. The number of carbonyl (C=O) groups is 2. The molecule has 0 aromatic heterocycles. The summed E-state index contributed by atoms with van der Waals surface area (Å²) in [7, 11) is 0. The lowest BCUT2D eigenvalue weighted by Gasteiger charge is -2.39. The van der Waals surface area contributed by atoms with E-state index in [-0.39, 0.29) is 26.1 Å². The average molecular weight is 837 g/mol. The summed E-state index contributed by atoms with van der Waals surface area (Å²) in [6, 6.07) is 0. The van der Waals surface area contributed by atoms with Crippen LogP contribution in [0.25, 0.3) is 0 Å². The first-order chi connectivity index (χ1) is 28.8. The quantitative estimate of drug-likeness (QED) is 0.0267. The molecule has 4 N–H and O–H groups in total. The van der Waals surface area contributed by atoms with E-state index in [0.29, 0.717) is 12.8 Å². The number of unbranched alkanes of at least 4 members (excludes halogenated alkanes) is 23. The highest BCUT2D eigenvalue weighted by Crippen LogP contribution is 2.23. The molecule has 0 aromatic rings. The van der Waals surface area contributed by atoms with Crippen molar-refractivity contribution in [1.29, 1.82) is 0 Å². The largest absolute Gasteiger partial charge is 0.462 e. The number of aliphatic hydroxyl groups excluding tert-OH is 4. The molecular formula is C49H88O10. The molecule has 1 aliphatic heterocycles. The lowest BCUT2D eigenvalue weighted by Crippen LogP contribution is -2.59. The molecule has 0 spiro atoms. The van der Waals surface area contributed by atoms with Crippen molar-refractivity contribution in [1.82, 2.24) is 0 Å². The number of allylic oxidation sites excluding steroid dienone is 6. The molecule has 1 heterocycles. The van der Waals surface area contributed by atoms with Crippen molar-refractivity contribution in [3.63, 3.8) is 0 Å². The van der Waals surface area contributed by atoms with Crippen molar-refractivity contribution in [2.45, 2.75) is 243 Å². The summed E-state index contributed by atoms with van der Waals surface area (Å²) < 4.78 is 22.1. The van der Waals surface area contributed by atoms with Crippen molar-refractivity contribution in [3.8, 4) is 0 Å². The Labute approximate surface area is 359 Å². The Balaban J connectivity index is 2.28. The monoisotopic (exact) mass is 837 g/mol. The van der Waals surface area contributed by atoms with Gasteiger partial charge in [-0.3, -0.25) is 9.59 Å². The van der Waals surface area contributed by atoms with Crippen molar-refractivity contribution >= 4 is 11.9 Å². The Morgan fingerprint density at radius 3 is 1.47 bits per heavy atom. The van der Waals surface area contributed by atoms with E-state index in [1.54, 1.807) is 0 Å². The standard InChI is InChI=1S/C49H88O10/c1-3-5-7-9-11-13-15-16-17-18-19-20-21-22-23-24-25-26-28-30-32-34-36-38-45(52)58-42(41-57-49-48(55)47(54)46(53)43(39-50)59-49)40-56-44(51)37-35-33-31-29-27-14-12-10-8-6-4-2/h10,12,24-25,30,32,42-43,46-50,53-55H,3-9,11,13-23,26-29,31,33-41H2,1-2H3/b12-10+,25-24+,32-30+/t42-,43-,46+,47?,48?,49-/m1/s1. The third kappa shape index (κ3) is 31.4. The second kappa shape index (κ2) is 40.0. The summed E-state index contributed by atoms with van der Waals surface area (Å²) in [4.78, 5) is 25.3. The molecule has 10 heteroatoms. The topological polar surface area (TPSA) is 152 Å². The Bertz CT molecular complexity index is 1060. The summed E-state index contributed by atoms with van der Waals surface area (Å²) in [6.07, 6.45) is 38.9. The molecular weight excluding hydrogens is 749 g/mol. The van der Waals surface area contributed by atoms with Crippen molar-refractivity contribution in [3.05, 3.63) is 36.5 Å². The summed E-state index contributed by atoms with van der Waals surface area (Å²) in [5, 5.41) is 40.1. The van der Waals surface area contributed by atoms with E-state index in [4.69, 9.17) is 18.9 Å². The molecule has 0 amide bonds. The van der Waals surface area contributed by atoms with Gasteiger partial charge in [0.2, 0.25) is 0 Å². The van der Waals surface area contributed by atoms with Crippen LogP contribution in [0.5, 0.6) is 0 Å². The van der Waals surface area contributed by atoms with Gasteiger partial charge in [-0.15, -0.1) is 0 Å². The first kappa shape index (κ1) is 54.9. The van der Waals surface area contributed by atoms with Gasteiger partial charge in [0.25, 0.3) is 0 Å². The maximum Gasteiger partial charge on any atom is 0.306 e. The number of ether oxygens (including phenoxy) is 4. The summed E-state index contributed by atoms with van der Waals surface area (Å²) in [6.45, 7) is 3.35. The van der Waals surface area contributed by atoms with Crippen LogP contribution in [0.4, 0.5) is 0 Å². The Hall–Kier alpha value is -2.08. The molecule has 1 fully saturated rings. The lowest BCUT2D eigenvalue weighted by atomic mass is 9.99. The molecule has 1 rings (SSSR count). The molecule has 344 valence electrons. The molecule has 0 bridgehead atoms. The van der Waals surface area contributed by atoms with Crippen LogP contribution in [-0.2, 0) is 28.5 Å². The third-order valence-electron chi connectivity index (χ3n) is 11.0. The van der Waals surface area contributed by atoms with E-state index in [1.165, 1.54) is 103 Å². The van der Waals surface area contributed by atoms with Gasteiger partial charge in [0, 0.05) is 12.8 Å². The van der Waals surface area contributed by atoms with Crippen LogP contribution in [-0.4, -0.2) is 89.0 Å². The second-order valence-corrected chi connectivity index (χ2v) is 16.5. The maximum atomic E-state index is 12.8. The van der Waals surface area contributed by atoms with E-state index in [1.807, 2.05) is 0 Å². The first-order valence-electron chi connectivity index (χ1n) is 24.1.